The van der Waals surface area contributed by atoms with Crippen LogP contribution in [0, 0.1) is 0 Å². The van der Waals surface area contributed by atoms with Crippen LogP contribution < -0.4 is 9.46 Å². The Morgan fingerprint density at radius 3 is 2.62 bits per heavy atom. The van der Waals surface area contributed by atoms with Gasteiger partial charge in [0.25, 0.3) is 0 Å². The first-order valence-corrected chi connectivity index (χ1v) is 9.12. The predicted molar refractivity (Wildman–Crippen MR) is 92.5 cm³/mol. The Morgan fingerprint density at radius 1 is 1.12 bits per heavy atom. The Bertz CT molecular complexity index is 918. The molecule has 7 heteroatoms. The summed E-state index contributed by atoms with van der Waals surface area (Å²) in [6.45, 7) is 1.06. The number of imidazole rings is 1. The topological polar surface area (TPSA) is 73.2 Å². The van der Waals surface area contributed by atoms with Crippen molar-refractivity contribution in [1.82, 2.24) is 14.3 Å². The van der Waals surface area contributed by atoms with Crippen LogP contribution in [0.3, 0.4) is 0 Å². The molecule has 3 rings (SSSR count). The van der Waals surface area contributed by atoms with E-state index in [1.807, 2.05) is 28.8 Å². The average molecular weight is 345 g/mol. The Hall–Kier alpha value is -2.38. The molecule has 0 saturated heterocycles. The van der Waals surface area contributed by atoms with E-state index >= 15 is 0 Å². The number of benzene rings is 2. The van der Waals surface area contributed by atoms with Gasteiger partial charge in [-0.1, -0.05) is 12.1 Å². The molecular formula is C17H19N3O3S. The van der Waals surface area contributed by atoms with Crippen LogP contribution in [0.2, 0.25) is 0 Å². The maximum Gasteiger partial charge on any atom is 0.240 e. The highest BCUT2D eigenvalue weighted by Crippen LogP contribution is 2.15. The van der Waals surface area contributed by atoms with Gasteiger partial charge in [-0.05, 0) is 42.8 Å². The fraction of sp³-hybridized carbons (Fsp3) is 0.235. The first-order chi connectivity index (χ1) is 11.6. The zero-order valence-corrected chi connectivity index (χ0v) is 14.2. The highest BCUT2D eigenvalue weighted by atomic mass is 32.2. The molecule has 0 amide bonds. The molecule has 0 aliphatic carbocycles. The summed E-state index contributed by atoms with van der Waals surface area (Å²) in [5, 5.41) is 0. The third-order valence-corrected chi connectivity index (χ3v) is 5.24. The van der Waals surface area contributed by atoms with Crippen molar-refractivity contribution < 1.29 is 13.2 Å². The molecule has 24 heavy (non-hydrogen) atoms. The van der Waals surface area contributed by atoms with Crippen LogP contribution in [0.5, 0.6) is 5.75 Å². The maximum atomic E-state index is 12.2. The second-order valence-electron chi connectivity index (χ2n) is 5.35. The smallest absolute Gasteiger partial charge is 0.240 e. The largest absolute Gasteiger partial charge is 0.497 e. The summed E-state index contributed by atoms with van der Waals surface area (Å²) in [4.78, 5) is 4.56. The summed E-state index contributed by atoms with van der Waals surface area (Å²) >= 11 is 0. The van der Waals surface area contributed by atoms with Gasteiger partial charge in [0.1, 0.15) is 5.75 Å². The number of hydrogen-bond acceptors (Lipinski definition) is 4. The Morgan fingerprint density at radius 2 is 1.88 bits per heavy atom. The van der Waals surface area contributed by atoms with Gasteiger partial charge in [-0.3, -0.25) is 0 Å². The van der Waals surface area contributed by atoms with Gasteiger partial charge in [-0.25, -0.2) is 18.1 Å². The zero-order valence-electron chi connectivity index (χ0n) is 13.3. The molecule has 126 valence electrons. The SMILES string of the molecule is COc1ccc(S(=O)(=O)NCCCn2cnc3ccccc32)cc1. The zero-order chi connectivity index (χ0) is 17.0. The molecule has 0 fully saturated rings. The van der Waals surface area contributed by atoms with E-state index < -0.39 is 10.0 Å². The minimum absolute atomic E-state index is 0.233. The van der Waals surface area contributed by atoms with Crippen molar-refractivity contribution in [2.45, 2.75) is 17.9 Å². The van der Waals surface area contributed by atoms with Gasteiger partial charge in [0.05, 0.1) is 29.4 Å². The first kappa shape index (κ1) is 16.5. The number of para-hydroxylation sites is 2. The van der Waals surface area contributed by atoms with Gasteiger partial charge in [-0.15, -0.1) is 0 Å². The first-order valence-electron chi connectivity index (χ1n) is 7.64. The van der Waals surface area contributed by atoms with Gasteiger partial charge in [0.15, 0.2) is 0 Å². The number of aromatic nitrogens is 2. The van der Waals surface area contributed by atoms with Crippen molar-refractivity contribution in [2.75, 3.05) is 13.7 Å². The van der Waals surface area contributed by atoms with E-state index in [4.69, 9.17) is 4.74 Å². The molecular weight excluding hydrogens is 326 g/mol. The third-order valence-electron chi connectivity index (χ3n) is 3.76. The molecule has 0 aliphatic rings. The number of hydrogen-bond donors (Lipinski definition) is 1. The van der Waals surface area contributed by atoms with Gasteiger partial charge in [0.2, 0.25) is 10.0 Å². The summed E-state index contributed by atoms with van der Waals surface area (Å²) < 4.78 is 34.1. The van der Waals surface area contributed by atoms with Gasteiger partial charge in [0, 0.05) is 13.1 Å². The molecule has 3 aromatic rings. The quantitative estimate of drug-likeness (QED) is 0.668. The molecule has 0 bridgehead atoms. The molecule has 6 nitrogen and oxygen atoms in total. The van der Waals surface area contributed by atoms with E-state index in [0.717, 1.165) is 11.0 Å². The summed E-state index contributed by atoms with van der Waals surface area (Å²) in [6, 6.07) is 14.2. The van der Waals surface area contributed by atoms with E-state index in [2.05, 4.69) is 9.71 Å². The Labute approximate surface area is 141 Å². The molecule has 0 spiro atoms. The second-order valence-corrected chi connectivity index (χ2v) is 7.12. The summed E-state index contributed by atoms with van der Waals surface area (Å²) in [6.07, 6.45) is 2.46. The third kappa shape index (κ3) is 3.58. The summed E-state index contributed by atoms with van der Waals surface area (Å²) in [5.74, 6) is 0.626. The fourth-order valence-corrected chi connectivity index (χ4v) is 3.56. The monoisotopic (exact) mass is 345 g/mol. The van der Waals surface area contributed by atoms with Crippen molar-refractivity contribution >= 4 is 21.1 Å². The molecule has 0 atom stereocenters. The molecule has 1 aromatic heterocycles. The van der Waals surface area contributed by atoms with E-state index in [1.165, 1.54) is 12.1 Å². The molecule has 2 aromatic carbocycles. The van der Waals surface area contributed by atoms with Gasteiger partial charge in [-0.2, -0.15) is 0 Å². The Balaban J connectivity index is 1.57. The van der Waals surface area contributed by atoms with Crippen molar-refractivity contribution in [3.05, 3.63) is 54.9 Å². The van der Waals surface area contributed by atoms with E-state index in [0.29, 0.717) is 25.3 Å². The van der Waals surface area contributed by atoms with Gasteiger partial charge < -0.3 is 9.30 Å². The lowest BCUT2D eigenvalue weighted by molar-refractivity contribution is 0.414. The second kappa shape index (κ2) is 7.02. The average Bonchev–Trinajstić information content (AvgIpc) is 3.02. The number of aryl methyl sites for hydroxylation is 1. The molecule has 1 N–H and O–H groups in total. The summed E-state index contributed by atoms with van der Waals surface area (Å²) in [7, 11) is -1.96. The number of nitrogens with one attached hydrogen (secondary N) is 1. The van der Waals surface area contributed by atoms with Crippen LogP contribution >= 0.6 is 0 Å². The normalized spacial score (nSPS) is 11.7. The van der Waals surface area contributed by atoms with Crippen molar-refractivity contribution in [3.63, 3.8) is 0 Å². The standard InChI is InChI=1S/C17H19N3O3S/c1-23-14-7-9-15(10-8-14)24(21,22)19-11-4-12-20-13-18-16-5-2-3-6-17(16)20/h2-3,5-10,13,19H,4,11-12H2,1H3. The highest BCUT2D eigenvalue weighted by molar-refractivity contribution is 7.89. The van der Waals surface area contributed by atoms with Crippen LogP contribution in [0.4, 0.5) is 0 Å². The van der Waals surface area contributed by atoms with Crippen molar-refractivity contribution in [2.24, 2.45) is 0 Å². The van der Waals surface area contributed by atoms with E-state index in [-0.39, 0.29) is 4.90 Å². The molecule has 1 heterocycles. The molecule has 0 unspecified atom stereocenters. The lowest BCUT2D eigenvalue weighted by atomic mass is 10.3. The number of ether oxygens (including phenoxy) is 1. The minimum Gasteiger partial charge on any atom is -0.497 e. The summed E-state index contributed by atoms with van der Waals surface area (Å²) in [5.41, 5.74) is 1.99. The van der Waals surface area contributed by atoms with E-state index in [9.17, 15) is 8.42 Å². The lowest BCUT2D eigenvalue weighted by Gasteiger charge is -2.08. The fourth-order valence-electron chi connectivity index (χ4n) is 2.48. The van der Waals surface area contributed by atoms with Crippen LogP contribution in [0.15, 0.2) is 59.8 Å². The Kier molecular flexibility index (Phi) is 4.82. The maximum absolute atomic E-state index is 12.2. The number of methoxy groups -OCH3 is 1. The molecule has 0 saturated carbocycles. The van der Waals surface area contributed by atoms with E-state index in [1.54, 1.807) is 25.6 Å². The van der Waals surface area contributed by atoms with Crippen LogP contribution in [-0.4, -0.2) is 31.6 Å². The number of sulfonamides is 1. The molecule has 0 aliphatic heterocycles. The lowest BCUT2D eigenvalue weighted by Crippen LogP contribution is -2.25. The minimum atomic E-state index is -3.50. The predicted octanol–water partition coefficient (Wildman–Crippen LogP) is 2.41. The van der Waals surface area contributed by atoms with Crippen molar-refractivity contribution in [3.8, 4) is 5.75 Å². The highest BCUT2D eigenvalue weighted by Gasteiger charge is 2.13. The number of rotatable bonds is 7. The van der Waals surface area contributed by atoms with Crippen LogP contribution in [0.25, 0.3) is 11.0 Å². The number of nitrogens with zero attached hydrogens (tertiary/aromatic N) is 2. The van der Waals surface area contributed by atoms with Gasteiger partial charge >= 0.3 is 0 Å². The van der Waals surface area contributed by atoms with Crippen LogP contribution in [-0.2, 0) is 16.6 Å². The number of fused-ring (bicyclic) bond motifs is 1. The van der Waals surface area contributed by atoms with Crippen molar-refractivity contribution in [1.29, 1.82) is 0 Å². The van der Waals surface area contributed by atoms with Crippen LogP contribution in [0.1, 0.15) is 6.42 Å². The molecule has 0 radical (unpaired) electrons.